The molecule has 0 unspecified atom stereocenters. The van der Waals surface area contributed by atoms with E-state index in [1.54, 1.807) is 0 Å². The molecule has 0 radical (unpaired) electrons. The van der Waals surface area contributed by atoms with Crippen LogP contribution in [0.15, 0.2) is 47.4 Å². The zero-order valence-corrected chi connectivity index (χ0v) is 14.6. The van der Waals surface area contributed by atoms with Crippen molar-refractivity contribution >= 4 is 10.0 Å². The summed E-state index contributed by atoms with van der Waals surface area (Å²) in [7, 11) is -4.28. The van der Waals surface area contributed by atoms with Gasteiger partial charge in [0.25, 0.3) is 6.43 Å². The van der Waals surface area contributed by atoms with Gasteiger partial charge in [0.2, 0.25) is 10.0 Å². The smallest absolute Gasteiger partial charge is 0.233 e. The van der Waals surface area contributed by atoms with Gasteiger partial charge in [-0.15, -0.1) is 0 Å². The molecule has 0 aliphatic carbocycles. The average Bonchev–Trinajstić information content (AvgIpc) is 3.01. The minimum Gasteiger partial charge on any atom is -0.233 e. The highest BCUT2D eigenvalue weighted by atomic mass is 32.2. The van der Waals surface area contributed by atoms with Crippen molar-refractivity contribution in [2.75, 3.05) is 0 Å². The van der Waals surface area contributed by atoms with Gasteiger partial charge in [-0.25, -0.2) is 35.8 Å². The van der Waals surface area contributed by atoms with Crippen LogP contribution in [0.1, 0.15) is 17.7 Å². The van der Waals surface area contributed by atoms with E-state index in [1.165, 1.54) is 25.1 Å². The van der Waals surface area contributed by atoms with E-state index in [1.807, 2.05) is 0 Å². The zero-order valence-electron chi connectivity index (χ0n) is 13.8. The lowest BCUT2D eigenvalue weighted by Crippen LogP contribution is -2.14. The molecule has 142 valence electrons. The van der Waals surface area contributed by atoms with Crippen LogP contribution in [0, 0.1) is 18.6 Å². The molecule has 3 aromatic rings. The molecule has 3 rings (SSSR count). The van der Waals surface area contributed by atoms with Crippen LogP contribution in [-0.4, -0.2) is 18.2 Å². The van der Waals surface area contributed by atoms with E-state index >= 15 is 0 Å². The third kappa shape index (κ3) is 3.71. The van der Waals surface area contributed by atoms with Crippen LogP contribution in [0.2, 0.25) is 0 Å². The molecule has 2 aromatic carbocycles. The van der Waals surface area contributed by atoms with Crippen molar-refractivity contribution < 1.29 is 26.0 Å². The number of hydrogen-bond acceptors (Lipinski definition) is 3. The summed E-state index contributed by atoms with van der Waals surface area (Å²) in [6.45, 7) is 1.54. The summed E-state index contributed by atoms with van der Waals surface area (Å²) in [5.41, 5.74) is 0.0108. The molecule has 0 amide bonds. The average molecular weight is 399 g/mol. The van der Waals surface area contributed by atoms with Gasteiger partial charge in [0, 0.05) is 5.56 Å². The maximum absolute atomic E-state index is 14.2. The normalized spacial score (nSPS) is 12.0. The molecule has 5 nitrogen and oxygen atoms in total. The highest BCUT2D eigenvalue weighted by Crippen LogP contribution is 2.30. The Morgan fingerprint density at radius 1 is 1.04 bits per heavy atom. The number of hydrogen-bond donors (Lipinski definition) is 1. The molecule has 0 bridgehead atoms. The van der Waals surface area contributed by atoms with Crippen LogP contribution in [-0.2, 0) is 10.0 Å². The number of nitrogens with zero attached hydrogens (tertiary/aromatic N) is 2. The SMILES string of the molecule is Cc1ccc(-n2nc(C(F)F)cc2-c2ccc(S(N)(=O)=O)c(F)c2)cc1F. The molecular weight excluding hydrogens is 386 g/mol. The van der Waals surface area contributed by atoms with E-state index in [4.69, 9.17) is 5.14 Å². The summed E-state index contributed by atoms with van der Waals surface area (Å²) < 4.78 is 78.0. The second-order valence-corrected chi connectivity index (χ2v) is 7.32. The second-order valence-electron chi connectivity index (χ2n) is 5.79. The van der Waals surface area contributed by atoms with Crippen molar-refractivity contribution in [3.63, 3.8) is 0 Å². The van der Waals surface area contributed by atoms with Crippen molar-refractivity contribution in [3.8, 4) is 16.9 Å². The number of alkyl halides is 2. The Kier molecular flexibility index (Phi) is 4.79. The fourth-order valence-corrected chi connectivity index (χ4v) is 3.10. The van der Waals surface area contributed by atoms with Crippen molar-refractivity contribution in [3.05, 3.63) is 65.4 Å². The Hall–Kier alpha value is -2.72. The molecule has 0 fully saturated rings. The molecule has 10 heteroatoms. The van der Waals surface area contributed by atoms with Crippen molar-refractivity contribution in [1.82, 2.24) is 9.78 Å². The summed E-state index contributed by atoms with van der Waals surface area (Å²) in [6, 6.07) is 8.02. The maximum atomic E-state index is 14.2. The van der Waals surface area contributed by atoms with Crippen LogP contribution in [0.25, 0.3) is 16.9 Å². The van der Waals surface area contributed by atoms with E-state index in [0.29, 0.717) is 5.56 Å². The molecule has 0 spiro atoms. The largest absolute Gasteiger partial charge is 0.282 e. The van der Waals surface area contributed by atoms with Crippen LogP contribution in [0.5, 0.6) is 0 Å². The van der Waals surface area contributed by atoms with Crippen LogP contribution in [0.4, 0.5) is 17.6 Å². The Bertz CT molecular complexity index is 1130. The molecule has 27 heavy (non-hydrogen) atoms. The van der Waals surface area contributed by atoms with Gasteiger partial charge in [-0.2, -0.15) is 5.10 Å². The van der Waals surface area contributed by atoms with Gasteiger partial charge in [0.15, 0.2) is 0 Å². The summed E-state index contributed by atoms with van der Waals surface area (Å²) in [6.07, 6.45) is -2.91. The van der Waals surface area contributed by atoms with Gasteiger partial charge in [0.1, 0.15) is 22.2 Å². The lowest BCUT2D eigenvalue weighted by atomic mass is 10.1. The van der Waals surface area contributed by atoms with Gasteiger partial charge < -0.3 is 0 Å². The number of halogens is 4. The lowest BCUT2D eigenvalue weighted by Gasteiger charge is -2.10. The second kappa shape index (κ2) is 6.78. The fourth-order valence-electron chi connectivity index (χ4n) is 2.51. The molecule has 0 saturated carbocycles. The minimum atomic E-state index is -4.28. The van der Waals surface area contributed by atoms with E-state index in [-0.39, 0.29) is 16.9 Å². The van der Waals surface area contributed by atoms with Crippen molar-refractivity contribution in [2.45, 2.75) is 18.2 Å². The first-order chi connectivity index (χ1) is 12.6. The summed E-state index contributed by atoms with van der Waals surface area (Å²) in [5, 5.41) is 8.68. The van der Waals surface area contributed by atoms with Crippen LogP contribution < -0.4 is 5.14 Å². The number of benzene rings is 2. The Morgan fingerprint density at radius 3 is 2.30 bits per heavy atom. The first-order valence-electron chi connectivity index (χ1n) is 7.55. The summed E-state index contributed by atoms with van der Waals surface area (Å²) in [5.74, 6) is -1.71. The monoisotopic (exact) mass is 399 g/mol. The molecule has 0 aliphatic rings. The number of primary sulfonamides is 1. The Balaban J connectivity index is 2.20. The fraction of sp³-hybridized carbons (Fsp3) is 0.118. The Morgan fingerprint density at radius 2 is 1.74 bits per heavy atom. The van der Waals surface area contributed by atoms with Crippen LogP contribution in [0.3, 0.4) is 0 Å². The standard InChI is InChI=1S/C17H13F4N3O2S/c1-9-2-4-11(7-12(9)18)24-15(8-14(23-24)17(20)21)10-3-5-16(13(19)6-10)27(22,25)26/h2-8,17H,1H3,(H2,22,25,26). The summed E-state index contributed by atoms with van der Waals surface area (Å²) in [4.78, 5) is -0.729. The van der Waals surface area contributed by atoms with Gasteiger partial charge in [-0.05, 0) is 42.8 Å². The lowest BCUT2D eigenvalue weighted by molar-refractivity contribution is 0.145. The number of aromatic nitrogens is 2. The highest BCUT2D eigenvalue weighted by molar-refractivity contribution is 7.89. The maximum Gasteiger partial charge on any atom is 0.282 e. The predicted molar refractivity (Wildman–Crippen MR) is 90.0 cm³/mol. The van der Waals surface area contributed by atoms with E-state index in [2.05, 4.69) is 5.10 Å². The molecule has 0 atom stereocenters. The van der Waals surface area contributed by atoms with Gasteiger partial charge in [-0.3, -0.25) is 0 Å². The minimum absolute atomic E-state index is 0.0356. The molecule has 0 saturated heterocycles. The molecule has 0 aliphatic heterocycles. The third-order valence-corrected chi connectivity index (χ3v) is 4.83. The Labute approximate surface area is 152 Å². The number of rotatable bonds is 4. The van der Waals surface area contributed by atoms with Crippen LogP contribution >= 0.6 is 0 Å². The van der Waals surface area contributed by atoms with E-state index < -0.39 is 38.7 Å². The summed E-state index contributed by atoms with van der Waals surface area (Å²) >= 11 is 0. The molecule has 1 heterocycles. The third-order valence-electron chi connectivity index (χ3n) is 3.89. The topological polar surface area (TPSA) is 78.0 Å². The molecular formula is C17H13F4N3O2S. The van der Waals surface area contributed by atoms with E-state index in [0.717, 1.165) is 28.9 Å². The molecule has 2 N–H and O–H groups in total. The first kappa shape index (κ1) is 19.1. The quantitative estimate of drug-likeness (QED) is 0.680. The number of nitrogens with two attached hydrogens (primary N) is 1. The zero-order chi connectivity index (χ0) is 19.9. The number of sulfonamides is 1. The predicted octanol–water partition coefficient (Wildman–Crippen LogP) is 3.71. The van der Waals surface area contributed by atoms with Crippen molar-refractivity contribution in [1.29, 1.82) is 0 Å². The molecule has 1 aromatic heterocycles. The van der Waals surface area contributed by atoms with Crippen molar-refractivity contribution in [2.24, 2.45) is 5.14 Å². The highest BCUT2D eigenvalue weighted by Gasteiger charge is 2.21. The van der Waals surface area contributed by atoms with Gasteiger partial charge in [0.05, 0.1) is 11.4 Å². The van der Waals surface area contributed by atoms with E-state index in [9.17, 15) is 26.0 Å². The first-order valence-corrected chi connectivity index (χ1v) is 9.10. The van der Waals surface area contributed by atoms with Gasteiger partial charge in [-0.1, -0.05) is 12.1 Å². The number of aryl methyl sites for hydroxylation is 1. The van der Waals surface area contributed by atoms with Gasteiger partial charge >= 0.3 is 0 Å².